The molecule has 2 heterocycles. The van der Waals surface area contributed by atoms with Crippen molar-refractivity contribution >= 4 is 67.9 Å². The van der Waals surface area contributed by atoms with Crippen LogP contribution in [0.2, 0.25) is 0 Å². The zero-order valence-corrected chi connectivity index (χ0v) is 32.1. The second-order valence-corrected chi connectivity index (χ2v) is 17.9. The van der Waals surface area contributed by atoms with Crippen LogP contribution in [0.4, 0.5) is 17.3 Å². The van der Waals surface area contributed by atoms with Gasteiger partial charge in [-0.25, -0.2) is 0 Å². The first-order valence-corrected chi connectivity index (χ1v) is 21.2. The van der Waals surface area contributed by atoms with E-state index in [1.165, 1.54) is 20.7 Å². The van der Waals surface area contributed by atoms with Gasteiger partial charge in [0.15, 0.2) is 13.9 Å². The molecule has 0 atom stereocenters. The predicted octanol–water partition coefficient (Wildman–Crippen LogP) is 9.48. The summed E-state index contributed by atoms with van der Waals surface area (Å²) >= 11 is 0. The summed E-state index contributed by atoms with van der Waals surface area (Å²) in [6.07, 6.45) is 0. The molecule has 2 aromatic heterocycles. The average Bonchev–Trinajstić information content (AvgIpc) is 3.63. The van der Waals surface area contributed by atoms with Gasteiger partial charge in [-0.05, 0) is 57.1 Å². The Hall–Kier alpha value is -7.41. The molecular formula is C51H37N5Si. The minimum atomic E-state index is -2.83. The van der Waals surface area contributed by atoms with E-state index in [2.05, 4.69) is 198 Å². The maximum Gasteiger partial charge on any atom is 0.240 e. The molecule has 0 radical (unpaired) electrons. The summed E-state index contributed by atoms with van der Waals surface area (Å²) < 4.78 is 2.17. The van der Waals surface area contributed by atoms with Gasteiger partial charge in [0, 0.05) is 27.7 Å². The van der Waals surface area contributed by atoms with Gasteiger partial charge in [-0.2, -0.15) is 15.0 Å². The van der Waals surface area contributed by atoms with Crippen molar-refractivity contribution in [3.8, 4) is 17.3 Å². The molecular weight excluding hydrogens is 711 g/mol. The molecule has 10 aromatic rings. The lowest BCUT2D eigenvalue weighted by atomic mass is 10.2. The second kappa shape index (κ2) is 14.7. The molecule has 6 heteroatoms. The number of hydrogen-bond acceptors (Lipinski definition) is 4. The van der Waals surface area contributed by atoms with Crippen LogP contribution < -0.4 is 25.6 Å². The first kappa shape index (κ1) is 34.1. The quantitative estimate of drug-likeness (QED) is 0.109. The topological polar surface area (TPSA) is 46.8 Å². The number of nitrogens with zero attached hydrogens (tertiary/aromatic N) is 5. The highest BCUT2D eigenvalue weighted by atomic mass is 28.3. The van der Waals surface area contributed by atoms with Gasteiger partial charge in [0.2, 0.25) is 11.9 Å². The zero-order valence-electron chi connectivity index (χ0n) is 31.1. The summed E-state index contributed by atoms with van der Waals surface area (Å²) in [5.41, 5.74) is 4.88. The standard InChI is InChI=1S/C51H37N5Si/c1-6-22-39(23-7-1)55(40-24-8-2-9-25-40)50-52-49(53-51(54-50)56-47-35-18-16-33-45(47)46-34-17-19-36-48(46)56)38-21-20-32-44(37-38)57(41-26-10-3-11-27-41,42-28-12-4-13-29-42)43-30-14-5-15-31-43/h1-37H. The van der Waals surface area contributed by atoms with E-state index in [1.54, 1.807) is 0 Å². The number of rotatable bonds is 9. The summed E-state index contributed by atoms with van der Waals surface area (Å²) in [5.74, 6) is 1.66. The van der Waals surface area contributed by atoms with Crippen LogP contribution in [-0.2, 0) is 0 Å². The van der Waals surface area contributed by atoms with Gasteiger partial charge in [0.05, 0.1) is 11.0 Å². The van der Waals surface area contributed by atoms with Crippen LogP contribution in [-0.4, -0.2) is 27.6 Å². The van der Waals surface area contributed by atoms with Crippen LogP contribution >= 0.6 is 0 Å². The molecule has 270 valence electrons. The van der Waals surface area contributed by atoms with Crippen LogP contribution in [0.5, 0.6) is 0 Å². The molecule has 0 saturated heterocycles. The number of anilines is 3. The molecule has 0 fully saturated rings. The minimum Gasteiger partial charge on any atom is -0.279 e. The Labute approximate surface area is 332 Å². The van der Waals surface area contributed by atoms with Gasteiger partial charge in [0.25, 0.3) is 0 Å². The SMILES string of the molecule is c1ccc(N(c2ccccc2)c2nc(-c3cccc([Si](c4ccccc4)(c4ccccc4)c4ccccc4)c3)nc(-n3c4ccccc4c4ccccc43)n2)cc1. The molecule has 57 heavy (non-hydrogen) atoms. The van der Waals surface area contributed by atoms with E-state index in [0.717, 1.165) is 38.7 Å². The lowest BCUT2D eigenvalue weighted by Crippen LogP contribution is -2.74. The van der Waals surface area contributed by atoms with Crippen LogP contribution in [0.25, 0.3) is 39.1 Å². The fourth-order valence-corrected chi connectivity index (χ4v) is 13.1. The monoisotopic (exact) mass is 747 g/mol. The lowest BCUT2D eigenvalue weighted by Gasteiger charge is -2.34. The Balaban J connectivity index is 1.27. The Morgan fingerprint density at radius 1 is 0.368 bits per heavy atom. The number of benzene rings is 8. The van der Waals surface area contributed by atoms with Crippen LogP contribution in [0, 0.1) is 0 Å². The van der Waals surface area contributed by atoms with Gasteiger partial charge < -0.3 is 0 Å². The van der Waals surface area contributed by atoms with Gasteiger partial charge in [-0.1, -0.05) is 188 Å². The average molecular weight is 748 g/mol. The number of fused-ring (bicyclic) bond motifs is 3. The highest BCUT2D eigenvalue weighted by Gasteiger charge is 2.41. The number of para-hydroxylation sites is 4. The molecule has 10 rings (SSSR count). The van der Waals surface area contributed by atoms with Gasteiger partial charge in [-0.15, -0.1) is 0 Å². The van der Waals surface area contributed by atoms with E-state index in [0.29, 0.717) is 17.7 Å². The minimum absolute atomic E-state index is 0.525. The van der Waals surface area contributed by atoms with Crippen LogP contribution in [0.1, 0.15) is 0 Å². The molecule has 0 aliphatic heterocycles. The van der Waals surface area contributed by atoms with Crippen LogP contribution in [0.15, 0.2) is 224 Å². The maximum absolute atomic E-state index is 5.39. The summed E-state index contributed by atoms with van der Waals surface area (Å²) in [6, 6.07) is 79.5. The van der Waals surface area contributed by atoms with Crippen molar-refractivity contribution in [2.24, 2.45) is 0 Å². The molecule has 0 saturated carbocycles. The smallest absolute Gasteiger partial charge is 0.240 e. The fraction of sp³-hybridized carbons (Fsp3) is 0. The van der Waals surface area contributed by atoms with Crippen molar-refractivity contribution < 1.29 is 0 Å². The van der Waals surface area contributed by atoms with E-state index < -0.39 is 8.07 Å². The largest absolute Gasteiger partial charge is 0.279 e. The number of aromatic nitrogens is 4. The molecule has 0 spiro atoms. The highest BCUT2D eigenvalue weighted by molar-refractivity contribution is 7.19. The molecule has 0 aliphatic carbocycles. The first-order chi connectivity index (χ1) is 28.3. The van der Waals surface area contributed by atoms with E-state index in [9.17, 15) is 0 Å². The maximum atomic E-state index is 5.39. The van der Waals surface area contributed by atoms with E-state index in [-0.39, 0.29) is 0 Å². The van der Waals surface area contributed by atoms with E-state index in [1.807, 2.05) is 36.4 Å². The fourth-order valence-electron chi connectivity index (χ4n) is 8.31. The summed E-state index contributed by atoms with van der Waals surface area (Å²) in [4.78, 5) is 18.2. The molecule has 0 bridgehead atoms. The Morgan fingerprint density at radius 3 is 1.28 bits per heavy atom. The Kier molecular flexibility index (Phi) is 8.78. The van der Waals surface area contributed by atoms with Gasteiger partial charge in [0.1, 0.15) is 0 Å². The first-order valence-electron chi connectivity index (χ1n) is 19.2. The normalized spacial score (nSPS) is 11.5. The lowest BCUT2D eigenvalue weighted by molar-refractivity contribution is 0.933. The molecule has 5 nitrogen and oxygen atoms in total. The molecule has 8 aromatic carbocycles. The predicted molar refractivity (Wildman–Crippen MR) is 238 cm³/mol. The van der Waals surface area contributed by atoms with E-state index >= 15 is 0 Å². The van der Waals surface area contributed by atoms with Crippen LogP contribution in [0.3, 0.4) is 0 Å². The summed E-state index contributed by atoms with van der Waals surface area (Å²) in [6.45, 7) is 0. The summed E-state index contributed by atoms with van der Waals surface area (Å²) in [5, 5.41) is 7.45. The van der Waals surface area contributed by atoms with Crippen molar-refractivity contribution in [1.82, 2.24) is 19.5 Å². The van der Waals surface area contributed by atoms with Gasteiger partial charge in [-0.3, -0.25) is 9.47 Å². The molecule has 0 amide bonds. The Bertz CT molecular complexity index is 2760. The van der Waals surface area contributed by atoms with Crippen molar-refractivity contribution in [2.75, 3.05) is 4.90 Å². The number of hydrogen-bond donors (Lipinski definition) is 0. The molecule has 0 aliphatic rings. The third-order valence-electron chi connectivity index (χ3n) is 10.8. The van der Waals surface area contributed by atoms with Crippen molar-refractivity contribution in [3.63, 3.8) is 0 Å². The second-order valence-electron chi connectivity index (χ2n) is 14.1. The van der Waals surface area contributed by atoms with Crippen molar-refractivity contribution in [2.45, 2.75) is 0 Å². The Morgan fingerprint density at radius 2 is 0.789 bits per heavy atom. The van der Waals surface area contributed by atoms with E-state index in [4.69, 9.17) is 15.0 Å². The zero-order chi connectivity index (χ0) is 38.0. The molecule has 0 unspecified atom stereocenters. The van der Waals surface area contributed by atoms with Gasteiger partial charge >= 0.3 is 0 Å². The van der Waals surface area contributed by atoms with Crippen molar-refractivity contribution in [3.05, 3.63) is 224 Å². The third kappa shape index (κ3) is 6.00. The highest BCUT2D eigenvalue weighted by Crippen LogP contribution is 2.35. The third-order valence-corrected chi connectivity index (χ3v) is 15.6. The summed E-state index contributed by atoms with van der Waals surface area (Å²) in [7, 11) is -2.83. The van der Waals surface area contributed by atoms with Crippen molar-refractivity contribution in [1.29, 1.82) is 0 Å². The molecule has 0 N–H and O–H groups in total.